The molecule has 0 spiro atoms. The second-order valence-electron chi connectivity index (χ2n) is 6.56. The van der Waals surface area contributed by atoms with Crippen LogP contribution in [0, 0.1) is 0 Å². The first-order valence-corrected chi connectivity index (χ1v) is 10.6. The largest absolute Gasteiger partial charge is 0.492 e. The number of hydrogen-bond donors (Lipinski definition) is 3. The fourth-order valence-corrected chi connectivity index (χ4v) is 3.00. The third-order valence-corrected chi connectivity index (χ3v) is 5.01. The molecular weight excluding hydrogens is 400 g/mol. The molecule has 0 saturated heterocycles. The minimum Gasteiger partial charge on any atom is -0.492 e. The zero-order valence-electron chi connectivity index (χ0n) is 17.2. The fourth-order valence-electron chi connectivity index (χ4n) is 1.83. The zero-order chi connectivity index (χ0) is 22.4. The summed E-state index contributed by atoms with van der Waals surface area (Å²) in [5.41, 5.74) is 0. The molecule has 0 amide bonds. The van der Waals surface area contributed by atoms with Gasteiger partial charge in [0.15, 0.2) is 9.84 Å². The summed E-state index contributed by atoms with van der Waals surface area (Å²) in [5.74, 6) is -1.72. The highest BCUT2D eigenvalue weighted by molar-refractivity contribution is 7.91. The van der Waals surface area contributed by atoms with Crippen LogP contribution in [0.4, 0.5) is 0 Å². The Kier molecular flexibility index (Phi) is 12.5. The van der Waals surface area contributed by atoms with Gasteiger partial charge >= 0.3 is 11.9 Å². The number of likely N-dealkylation sites (N-methyl/N-ethyl adjacent to an activating group) is 1. The molecule has 3 N–H and O–H groups in total. The van der Waals surface area contributed by atoms with E-state index in [2.05, 4.69) is 5.32 Å². The molecule has 10 heteroatoms. The van der Waals surface area contributed by atoms with Gasteiger partial charge in [0.25, 0.3) is 0 Å². The molecule has 0 heterocycles. The van der Waals surface area contributed by atoms with Crippen LogP contribution in [0.3, 0.4) is 0 Å². The van der Waals surface area contributed by atoms with Gasteiger partial charge in [-0.25, -0.2) is 18.0 Å². The van der Waals surface area contributed by atoms with Crippen molar-refractivity contribution in [3.8, 4) is 5.75 Å². The fraction of sp³-hybridized carbons (Fsp3) is 0.474. The predicted molar refractivity (Wildman–Crippen MR) is 110 cm³/mol. The minimum atomic E-state index is -3.23. The quantitative estimate of drug-likeness (QED) is 0.441. The summed E-state index contributed by atoms with van der Waals surface area (Å²) in [4.78, 5) is 21.5. The van der Waals surface area contributed by atoms with Gasteiger partial charge in [-0.3, -0.25) is 0 Å². The number of carboxylic acid groups (broad SMARTS) is 2. The number of nitrogens with one attached hydrogen (secondary N) is 1. The third kappa shape index (κ3) is 14.3. The first-order valence-electron chi connectivity index (χ1n) is 8.91. The highest BCUT2D eigenvalue weighted by Gasteiger charge is 2.14. The summed E-state index contributed by atoms with van der Waals surface area (Å²) in [6.07, 6.45) is 1.12. The van der Waals surface area contributed by atoms with Crippen LogP contribution in [0.25, 0.3) is 0 Å². The Bertz CT molecular complexity index is 741. The Morgan fingerprint density at radius 3 is 2.03 bits per heavy atom. The molecule has 0 radical (unpaired) electrons. The first-order chi connectivity index (χ1) is 13.4. The van der Waals surface area contributed by atoms with Crippen molar-refractivity contribution < 1.29 is 33.0 Å². The zero-order valence-corrected chi connectivity index (χ0v) is 18.0. The molecule has 0 saturated carbocycles. The Labute approximate surface area is 171 Å². The normalized spacial score (nSPS) is 11.4. The monoisotopic (exact) mass is 430 g/mol. The second-order valence-corrected chi connectivity index (χ2v) is 8.67. The van der Waals surface area contributed by atoms with Gasteiger partial charge in [0.05, 0.1) is 10.6 Å². The van der Waals surface area contributed by atoms with Crippen molar-refractivity contribution in [2.45, 2.75) is 24.8 Å². The van der Waals surface area contributed by atoms with Gasteiger partial charge < -0.3 is 25.2 Å². The van der Waals surface area contributed by atoms with Gasteiger partial charge in [-0.15, -0.1) is 0 Å². The van der Waals surface area contributed by atoms with Gasteiger partial charge in [0.1, 0.15) is 12.4 Å². The van der Waals surface area contributed by atoms with E-state index in [1.807, 2.05) is 32.8 Å². The highest BCUT2D eigenvalue weighted by Crippen LogP contribution is 2.17. The number of rotatable bonds is 11. The Balaban J connectivity index is 0.000000828. The van der Waals surface area contributed by atoms with E-state index in [4.69, 9.17) is 14.9 Å². The number of nitrogens with zero attached hydrogens (tertiary/aromatic N) is 1. The van der Waals surface area contributed by atoms with Crippen LogP contribution in [-0.4, -0.2) is 81.1 Å². The summed E-state index contributed by atoms with van der Waals surface area (Å²) < 4.78 is 29.8. The summed E-state index contributed by atoms with van der Waals surface area (Å²) >= 11 is 0. The molecule has 164 valence electrons. The van der Waals surface area contributed by atoms with Crippen molar-refractivity contribution in [3.05, 3.63) is 36.4 Å². The van der Waals surface area contributed by atoms with Crippen molar-refractivity contribution in [2.75, 3.05) is 39.5 Å². The number of hydrogen-bond acceptors (Lipinski definition) is 7. The van der Waals surface area contributed by atoms with Crippen molar-refractivity contribution in [1.29, 1.82) is 0 Å². The molecule has 9 nitrogen and oxygen atoms in total. The van der Waals surface area contributed by atoms with Crippen molar-refractivity contribution >= 4 is 21.8 Å². The molecule has 1 aromatic rings. The summed E-state index contributed by atoms with van der Waals surface area (Å²) in [7, 11) is 0.720. The average molecular weight is 431 g/mol. The molecule has 29 heavy (non-hydrogen) atoms. The molecule has 1 rings (SSSR count). The lowest BCUT2D eigenvalue weighted by atomic mass is 10.3. The highest BCUT2D eigenvalue weighted by atomic mass is 32.2. The van der Waals surface area contributed by atoms with Crippen molar-refractivity contribution in [2.24, 2.45) is 0 Å². The Hall–Kier alpha value is -2.43. The number of ether oxygens (including phenoxy) is 1. The Morgan fingerprint density at radius 1 is 1.10 bits per heavy atom. The van der Waals surface area contributed by atoms with Crippen LogP contribution in [0.15, 0.2) is 41.3 Å². The lowest BCUT2D eigenvalue weighted by Gasteiger charge is -2.12. The predicted octanol–water partition coefficient (Wildman–Crippen LogP) is 1.11. The van der Waals surface area contributed by atoms with E-state index in [0.717, 1.165) is 6.54 Å². The van der Waals surface area contributed by atoms with E-state index in [1.165, 1.54) is 0 Å². The molecule has 0 aromatic heterocycles. The molecule has 1 aromatic carbocycles. The SMILES string of the molecule is CC(C)NCCS(=O)(=O)c1ccc(OCCN(C)C)cc1.O=C(O)C=CC(=O)O. The maximum absolute atomic E-state index is 12.1. The lowest BCUT2D eigenvalue weighted by molar-refractivity contribution is -0.134. The maximum atomic E-state index is 12.1. The number of carbonyl (C=O) groups is 2. The van der Waals surface area contributed by atoms with Crippen molar-refractivity contribution in [1.82, 2.24) is 10.2 Å². The molecule has 0 aliphatic heterocycles. The molecule has 0 aliphatic carbocycles. The Morgan fingerprint density at radius 2 is 1.62 bits per heavy atom. The van der Waals surface area contributed by atoms with Gasteiger partial charge in [0.2, 0.25) is 0 Å². The van der Waals surface area contributed by atoms with Crippen LogP contribution in [-0.2, 0) is 19.4 Å². The van der Waals surface area contributed by atoms with E-state index in [9.17, 15) is 18.0 Å². The lowest BCUT2D eigenvalue weighted by Crippen LogP contribution is -2.28. The van der Waals surface area contributed by atoms with E-state index in [-0.39, 0.29) is 11.8 Å². The van der Waals surface area contributed by atoms with Crippen LogP contribution >= 0.6 is 0 Å². The topological polar surface area (TPSA) is 133 Å². The van der Waals surface area contributed by atoms with E-state index in [1.54, 1.807) is 24.3 Å². The van der Waals surface area contributed by atoms with Crippen LogP contribution in [0.2, 0.25) is 0 Å². The standard InChI is InChI=1S/C15H26N2O3S.C4H4O4/c1-13(2)16-9-12-21(18,19)15-7-5-14(6-8-15)20-11-10-17(3)4;5-3(6)1-2-4(7)8/h5-8,13,16H,9-12H2,1-4H3;1-2H,(H,5,6)(H,7,8). The minimum absolute atomic E-state index is 0.103. The maximum Gasteiger partial charge on any atom is 0.328 e. The van der Waals surface area contributed by atoms with Crippen LogP contribution < -0.4 is 10.1 Å². The molecule has 0 aliphatic rings. The summed E-state index contributed by atoms with van der Waals surface area (Å²) in [6, 6.07) is 6.91. The third-order valence-electron chi connectivity index (χ3n) is 3.28. The number of benzene rings is 1. The summed E-state index contributed by atoms with van der Waals surface area (Å²) in [5, 5.41) is 18.7. The van der Waals surface area contributed by atoms with Crippen molar-refractivity contribution in [3.63, 3.8) is 0 Å². The molecule has 0 atom stereocenters. The number of sulfone groups is 1. The van der Waals surface area contributed by atoms with Gasteiger partial charge in [-0.05, 0) is 38.4 Å². The molecule has 0 bridgehead atoms. The van der Waals surface area contributed by atoms with E-state index >= 15 is 0 Å². The smallest absolute Gasteiger partial charge is 0.328 e. The van der Waals surface area contributed by atoms with Crippen LogP contribution in [0.1, 0.15) is 13.8 Å². The second kappa shape index (κ2) is 13.7. The average Bonchev–Trinajstić information content (AvgIpc) is 2.60. The van der Waals surface area contributed by atoms with Gasteiger partial charge in [0, 0.05) is 31.3 Å². The molecular formula is C19H30N2O7S. The number of aliphatic carboxylic acids is 2. The van der Waals surface area contributed by atoms with Gasteiger partial charge in [-0.1, -0.05) is 13.8 Å². The van der Waals surface area contributed by atoms with E-state index < -0.39 is 21.8 Å². The number of carboxylic acids is 2. The first kappa shape index (κ1) is 26.6. The summed E-state index contributed by atoms with van der Waals surface area (Å²) in [6.45, 7) is 5.85. The van der Waals surface area contributed by atoms with Gasteiger partial charge in [-0.2, -0.15) is 0 Å². The molecule has 0 unspecified atom stereocenters. The van der Waals surface area contributed by atoms with Crippen LogP contribution in [0.5, 0.6) is 5.75 Å². The molecule has 0 fully saturated rings. The van der Waals surface area contributed by atoms with E-state index in [0.29, 0.717) is 35.9 Å².